The Labute approximate surface area is 197 Å². The topological polar surface area (TPSA) is 49.9 Å². The van der Waals surface area contributed by atoms with Crippen LogP contribution in [-0.4, -0.2) is 40.8 Å². The highest BCUT2D eigenvalue weighted by atomic mass is 127. The molecule has 5 nitrogen and oxygen atoms in total. The number of carbonyl (C=O) groups is 2. The van der Waals surface area contributed by atoms with Crippen LogP contribution in [-0.2, 0) is 16.2 Å². The van der Waals surface area contributed by atoms with Crippen LogP contribution in [0.1, 0.15) is 11.1 Å². The normalized spacial score (nSPS) is 14.5. The van der Waals surface area contributed by atoms with E-state index in [2.05, 4.69) is 22.6 Å². The molecule has 9 heteroatoms. The zero-order valence-electron chi connectivity index (χ0n) is 15.4. The fraction of sp³-hybridized carbons (Fsp3) is 0.150. The number of amides is 2. The van der Waals surface area contributed by atoms with Crippen molar-refractivity contribution >= 4 is 81.0 Å². The Kier molecular flexibility index (Phi) is 6.83. The van der Waals surface area contributed by atoms with Crippen molar-refractivity contribution in [3.05, 3.63) is 66.7 Å². The molecular formula is C20H15Cl2IN2O3S. The van der Waals surface area contributed by atoms with Gasteiger partial charge in [-0.2, -0.15) is 0 Å². The summed E-state index contributed by atoms with van der Waals surface area (Å²) < 4.78 is 6.69. The predicted octanol–water partition coefficient (Wildman–Crippen LogP) is 4.78. The second-order valence-electron chi connectivity index (χ2n) is 6.30. The third-order valence-corrected chi connectivity index (χ3v) is 6.42. The minimum absolute atomic E-state index is 0.0591. The van der Waals surface area contributed by atoms with Crippen LogP contribution >= 0.6 is 58.0 Å². The zero-order chi connectivity index (χ0) is 21.3. The van der Waals surface area contributed by atoms with E-state index in [0.717, 1.165) is 9.13 Å². The summed E-state index contributed by atoms with van der Waals surface area (Å²) in [6, 6.07) is 10.7. The van der Waals surface area contributed by atoms with Gasteiger partial charge in [0.2, 0.25) is 0 Å². The lowest BCUT2D eigenvalue weighted by molar-refractivity contribution is -0.132. The summed E-state index contributed by atoms with van der Waals surface area (Å²) in [6.45, 7) is 0.331. The van der Waals surface area contributed by atoms with E-state index in [1.165, 1.54) is 9.80 Å². The standard InChI is InChI=1S/C20H15Cl2IN2O3S/c1-24-18(26)13(19(27)25(2)20(24)29)7-11-4-6-17(16(23)9-11)28-10-12-3-5-14(21)15(22)8-12/h3-9H,10H2,1-2H3. The Bertz CT molecular complexity index is 1030. The van der Waals surface area contributed by atoms with Crippen molar-refractivity contribution in [2.24, 2.45) is 0 Å². The van der Waals surface area contributed by atoms with Gasteiger partial charge in [0.15, 0.2) is 5.11 Å². The maximum Gasteiger partial charge on any atom is 0.265 e. The molecule has 1 heterocycles. The molecule has 1 aliphatic rings. The van der Waals surface area contributed by atoms with Crippen LogP contribution in [0.5, 0.6) is 5.75 Å². The number of ether oxygens (including phenoxy) is 1. The first kappa shape index (κ1) is 22.0. The van der Waals surface area contributed by atoms with Crippen molar-refractivity contribution < 1.29 is 14.3 Å². The summed E-state index contributed by atoms with van der Waals surface area (Å²) in [5.41, 5.74) is 1.66. The molecule has 0 unspecified atom stereocenters. The third-order valence-electron chi connectivity index (χ3n) is 4.29. The van der Waals surface area contributed by atoms with Crippen LogP contribution in [0.15, 0.2) is 42.0 Å². The first-order valence-electron chi connectivity index (χ1n) is 8.37. The molecule has 0 spiro atoms. The summed E-state index contributed by atoms with van der Waals surface area (Å²) in [4.78, 5) is 27.4. The van der Waals surface area contributed by atoms with E-state index in [-0.39, 0.29) is 10.7 Å². The number of rotatable bonds is 4. The number of nitrogens with zero attached hydrogens (tertiary/aromatic N) is 2. The molecule has 2 amide bonds. The first-order valence-corrected chi connectivity index (χ1v) is 10.6. The number of halogens is 3. The Hall–Kier alpha value is -1.68. The van der Waals surface area contributed by atoms with Gasteiger partial charge in [-0.25, -0.2) is 0 Å². The van der Waals surface area contributed by atoms with Gasteiger partial charge in [-0.15, -0.1) is 0 Å². The average Bonchev–Trinajstić information content (AvgIpc) is 2.70. The lowest BCUT2D eigenvalue weighted by atomic mass is 10.1. The summed E-state index contributed by atoms with van der Waals surface area (Å²) in [7, 11) is 3.09. The van der Waals surface area contributed by atoms with Gasteiger partial charge in [0.25, 0.3) is 11.8 Å². The van der Waals surface area contributed by atoms with Crippen molar-refractivity contribution in [2.75, 3.05) is 14.1 Å². The number of hydrogen-bond donors (Lipinski definition) is 0. The van der Waals surface area contributed by atoms with Gasteiger partial charge < -0.3 is 4.74 Å². The molecule has 150 valence electrons. The van der Waals surface area contributed by atoms with Crippen LogP contribution in [0.4, 0.5) is 0 Å². The minimum atomic E-state index is -0.423. The molecule has 0 N–H and O–H groups in total. The maximum absolute atomic E-state index is 12.4. The Balaban J connectivity index is 1.79. The molecule has 0 aliphatic carbocycles. The van der Waals surface area contributed by atoms with Crippen LogP contribution in [0.2, 0.25) is 10.0 Å². The highest BCUT2D eigenvalue weighted by Crippen LogP contribution is 2.27. The number of thiocarbonyl (C=S) groups is 1. The molecule has 0 atom stereocenters. The lowest BCUT2D eigenvalue weighted by Gasteiger charge is -2.31. The van der Waals surface area contributed by atoms with Gasteiger partial charge in [-0.05, 0) is 76.3 Å². The Morgan fingerprint density at radius 3 is 2.28 bits per heavy atom. The number of hydrogen-bond acceptors (Lipinski definition) is 4. The van der Waals surface area contributed by atoms with Crippen molar-refractivity contribution in [2.45, 2.75) is 6.61 Å². The van der Waals surface area contributed by atoms with Crippen molar-refractivity contribution in [3.63, 3.8) is 0 Å². The molecule has 2 aromatic carbocycles. The van der Waals surface area contributed by atoms with Gasteiger partial charge in [0.1, 0.15) is 17.9 Å². The molecule has 0 bridgehead atoms. The fourth-order valence-corrected chi connectivity index (χ4v) is 3.84. The van der Waals surface area contributed by atoms with Crippen LogP contribution in [0.3, 0.4) is 0 Å². The summed E-state index contributed by atoms with van der Waals surface area (Å²) in [6.07, 6.45) is 1.56. The van der Waals surface area contributed by atoms with E-state index in [1.807, 2.05) is 12.1 Å². The second kappa shape index (κ2) is 8.99. The van der Waals surface area contributed by atoms with E-state index >= 15 is 0 Å². The van der Waals surface area contributed by atoms with Gasteiger partial charge >= 0.3 is 0 Å². The monoisotopic (exact) mass is 560 g/mol. The van der Waals surface area contributed by atoms with Gasteiger partial charge in [-0.3, -0.25) is 19.4 Å². The zero-order valence-corrected chi connectivity index (χ0v) is 19.9. The molecule has 0 aromatic heterocycles. The highest BCUT2D eigenvalue weighted by Gasteiger charge is 2.35. The fourth-order valence-electron chi connectivity index (χ4n) is 2.66. The van der Waals surface area contributed by atoms with Crippen molar-refractivity contribution in [3.8, 4) is 5.75 Å². The van der Waals surface area contributed by atoms with Crippen LogP contribution in [0.25, 0.3) is 6.08 Å². The van der Waals surface area contributed by atoms with Crippen molar-refractivity contribution in [1.82, 2.24) is 9.80 Å². The molecule has 1 fully saturated rings. The maximum atomic E-state index is 12.4. The van der Waals surface area contributed by atoms with Gasteiger partial charge in [0.05, 0.1) is 13.6 Å². The molecule has 0 radical (unpaired) electrons. The third kappa shape index (κ3) is 4.74. The SMILES string of the molecule is CN1C(=O)C(=Cc2ccc(OCc3ccc(Cl)c(Cl)c3)c(I)c2)C(=O)N(C)C1=S. The number of likely N-dealkylation sites (N-methyl/N-ethyl adjacent to an activating group) is 2. The predicted molar refractivity (Wildman–Crippen MR) is 126 cm³/mol. The van der Waals surface area contributed by atoms with E-state index in [4.69, 9.17) is 40.2 Å². The minimum Gasteiger partial charge on any atom is -0.488 e. The van der Waals surface area contributed by atoms with Crippen LogP contribution in [0, 0.1) is 3.57 Å². The van der Waals surface area contributed by atoms with E-state index < -0.39 is 11.8 Å². The largest absolute Gasteiger partial charge is 0.488 e. The lowest BCUT2D eigenvalue weighted by Crippen LogP contribution is -2.52. The van der Waals surface area contributed by atoms with E-state index in [0.29, 0.717) is 28.0 Å². The Morgan fingerprint density at radius 1 is 1.03 bits per heavy atom. The average molecular weight is 561 g/mol. The molecular weight excluding hydrogens is 546 g/mol. The second-order valence-corrected chi connectivity index (χ2v) is 8.64. The smallest absolute Gasteiger partial charge is 0.265 e. The highest BCUT2D eigenvalue weighted by molar-refractivity contribution is 14.1. The molecule has 3 rings (SSSR count). The molecule has 2 aromatic rings. The first-order chi connectivity index (χ1) is 13.7. The van der Waals surface area contributed by atoms with E-state index in [9.17, 15) is 9.59 Å². The van der Waals surface area contributed by atoms with Gasteiger partial charge in [0, 0.05) is 14.1 Å². The molecule has 0 saturated carbocycles. The molecule has 1 aliphatic heterocycles. The van der Waals surface area contributed by atoms with E-state index in [1.54, 1.807) is 44.4 Å². The summed E-state index contributed by atoms with van der Waals surface area (Å²) in [5, 5.41) is 1.14. The van der Waals surface area contributed by atoms with Gasteiger partial charge in [-0.1, -0.05) is 35.3 Å². The molecule has 1 saturated heterocycles. The number of benzene rings is 2. The van der Waals surface area contributed by atoms with Crippen LogP contribution < -0.4 is 4.74 Å². The Morgan fingerprint density at radius 2 is 1.69 bits per heavy atom. The quantitative estimate of drug-likeness (QED) is 0.234. The summed E-state index contributed by atoms with van der Waals surface area (Å²) >= 11 is 19.2. The number of carbonyl (C=O) groups excluding carboxylic acids is 2. The van der Waals surface area contributed by atoms with Crippen molar-refractivity contribution in [1.29, 1.82) is 0 Å². The summed E-state index contributed by atoms with van der Waals surface area (Å²) in [5.74, 6) is -0.170. The molecule has 29 heavy (non-hydrogen) atoms.